The van der Waals surface area contributed by atoms with Gasteiger partial charge in [0.1, 0.15) is 19.0 Å². The van der Waals surface area contributed by atoms with Crippen molar-refractivity contribution in [2.24, 2.45) is 5.73 Å². The van der Waals surface area contributed by atoms with Gasteiger partial charge < -0.3 is 19.7 Å². The highest BCUT2D eigenvalue weighted by Gasteiger charge is 2.11. The Morgan fingerprint density at radius 2 is 1.67 bits per heavy atom. The topological polar surface area (TPSA) is 70.5 Å². The lowest BCUT2D eigenvalue weighted by molar-refractivity contribution is 0.210. The number of ether oxygens (including phenoxy) is 2. The van der Waals surface area contributed by atoms with Crippen LogP contribution in [0.4, 0.5) is 0 Å². The van der Waals surface area contributed by atoms with E-state index in [1.807, 2.05) is 54.6 Å². The van der Waals surface area contributed by atoms with Crippen molar-refractivity contribution in [1.82, 2.24) is 5.16 Å². The summed E-state index contributed by atoms with van der Waals surface area (Å²) in [5, 5.41) is 4.73. The summed E-state index contributed by atoms with van der Waals surface area (Å²) in [5.41, 5.74) is 6.67. The van der Waals surface area contributed by atoms with Crippen LogP contribution in [-0.2, 0) is 0 Å². The smallest absolute Gasteiger partial charge is 0.262 e. The van der Waals surface area contributed by atoms with E-state index in [2.05, 4.69) is 5.16 Å². The van der Waals surface area contributed by atoms with E-state index < -0.39 is 0 Å². The van der Waals surface area contributed by atoms with Crippen LogP contribution in [0.15, 0.2) is 59.1 Å². The molecule has 0 aliphatic carbocycles. The highest BCUT2D eigenvalue weighted by Crippen LogP contribution is 2.24. The summed E-state index contributed by atoms with van der Waals surface area (Å²) >= 11 is 0. The van der Waals surface area contributed by atoms with Crippen molar-refractivity contribution in [2.75, 3.05) is 13.2 Å². The maximum absolute atomic E-state index is 5.97. The standard InChI is InChI=1S/C16H16N2O3/c17-12(10-19-13-6-2-1-3-7-13)11-20-16-14-8-4-5-9-15(14)21-18-16/h1-9,12H,10-11,17H2. The predicted molar refractivity (Wildman–Crippen MR) is 79.4 cm³/mol. The van der Waals surface area contributed by atoms with E-state index in [9.17, 15) is 0 Å². The monoisotopic (exact) mass is 284 g/mol. The zero-order valence-electron chi connectivity index (χ0n) is 11.4. The van der Waals surface area contributed by atoms with Gasteiger partial charge in [-0.25, -0.2) is 0 Å². The molecule has 1 aromatic heterocycles. The van der Waals surface area contributed by atoms with Crippen LogP contribution in [0.2, 0.25) is 0 Å². The molecule has 1 heterocycles. The van der Waals surface area contributed by atoms with Gasteiger partial charge in [0.15, 0.2) is 5.58 Å². The van der Waals surface area contributed by atoms with Crippen LogP contribution in [0.1, 0.15) is 0 Å². The van der Waals surface area contributed by atoms with E-state index in [1.54, 1.807) is 0 Å². The number of benzene rings is 2. The summed E-state index contributed by atoms with van der Waals surface area (Å²) in [4.78, 5) is 0. The fourth-order valence-corrected chi connectivity index (χ4v) is 1.92. The third kappa shape index (κ3) is 3.32. The van der Waals surface area contributed by atoms with Crippen LogP contribution in [0.5, 0.6) is 11.6 Å². The maximum atomic E-state index is 5.97. The Kier molecular flexibility index (Phi) is 4.02. The fourth-order valence-electron chi connectivity index (χ4n) is 1.92. The van der Waals surface area contributed by atoms with Crippen LogP contribution in [0.3, 0.4) is 0 Å². The number of para-hydroxylation sites is 2. The number of hydrogen-bond acceptors (Lipinski definition) is 5. The molecule has 0 radical (unpaired) electrons. The van der Waals surface area contributed by atoms with Crippen LogP contribution >= 0.6 is 0 Å². The van der Waals surface area contributed by atoms with E-state index in [-0.39, 0.29) is 6.04 Å². The van der Waals surface area contributed by atoms with Crippen molar-refractivity contribution in [1.29, 1.82) is 0 Å². The number of fused-ring (bicyclic) bond motifs is 1. The Labute approximate surface area is 122 Å². The van der Waals surface area contributed by atoms with Gasteiger partial charge in [-0.2, -0.15) is 0 Å². The van der Waals surface area contributed by atoms with Gasteiger partial charge in [-0.15, -0.1) is 0 Å². The van der Waals surface area contributed by atoms with Gasteiger partial charge in [0.05, 0.1) is 11.4 Å². The molecule has 0 saturated carbocycles. The summed E-state index contributed by atoms with van der Waals surface area (Å²) in [6.45, 7) is 0.684. The first-order chi connectivity index (χ1) is 10.3. The molecule has 1 atom stereocenters. The second-order valence-corrected chi connectivity index (χ2v) is 4.68. The molecule has 3 rings (SSSR count). The molecular formula is C16H16N2O3. The van der Waals surface area contributed by atoms with Gasteiger partial charge >= 0.3 is 0 Å². The van der Waals surface area contributed by atoms with E-state index in [0.717, 1.165) is 11.1 Å². The van der Waals surface area contributed by atoms with Crippen LogP contribution in [-0.4, -0.2) is 24.4 Å². The lowest BCUT2D eigenvalue weighted by Gasteiger charge is -2.13. The van der Waals surface area contributed by atoms with Crippen LogP contribution in [0, 0.1) is 0 Å². The summed E-state index contributed by atoms with van der Waals surface area (Å²) in [7, 11) is 0. The van der Waals surface area contributed by atoms with Crippen LogP contribution in [0.25, 0.3) is 11.0 Å². The Balaban J connectivity index is 1.53. The average Bonchev–Trinajstić information content (AvgIpc) is 2.95. The first-order valence-electron chi connectivity index (χ1n) is 6.73. The molecule has 0 spiro atoms. The van der Waals surface area contributed by atoms with Crippen molar-refractivity contribution < 1.29 is 14.0 Å². The highest BCUT2D eigenvalue weighted by atomic mass is 16.5. The van der Waals surface area contributed by atoms with E-state index >= 15 is 0 Å². The lowest BCUT2D eigenvalue weighted by atomic mass is 10.2. The molecule has 0 aliphatic rings. The zero-order valence-corrected chi connectivity index (χ0v) is 11.4. The predicted octanol–water partition coefficient (Wildman–Crippen LogP) is 2.61. The molecule has 2 aromatic carbocycles. The van der Waals surface area contributed by atoms with Crippen molar-refractivity contribution >= 4 is 11.0 Å². The Morgan fingerprint density at radius 3 is 2.52 bits per heavy atom. The largest absolute Gasteiger partial charge is 0.492 e. The molecule has 0 aliphatic heterocycles. The lowest BCUT2D eigenvalue weighted by Crippen LogP contribution is -2.34. The normalized spacial score (nSPS) is 12.2. The number of rotatable bonds is 6. The molecule has 0 saturated heterocycles. The van der Waals surface area contributed by atoms with Gasteiger partial charge in [-0.1, -0.05) is 30.3 Å². The van der Waals surface area contributed by atoms with Gasteiger partial charge in [0.2, 0.25) is 0 Å². The zero-order chi connectivity index (χ0) is 14.5. The Hall–Kier alpha value is -2.53. The number of nitrogens with two attached hydrogens (primary N) is 1. The average molecular weight is 284 g/mol. The molecule has 3 aromatic rings. The van der Waals surface area contributed by atoms with Crippen LogP contribution < -0.4 is 15.2 Å². The number of hydrogen-bond donors (Lipinski definition) is 1. The van der Waals surface area contributed by atoms with Crippen molar-refractivity contribution in [3.05, 3.63) is 54.6 Å². The molecule has 0 bridgehead atoms. The van der Waals surface area contributed by atoms with Crippen molar-refractivity contribution in [3.8, 4) is 11.6 Å². The summed E-state index contributed by atoms with van der Waals surface area (Å²) in [6, 6.07) is 16.8. The summed E-state index contributed by atoms with van der Waals surface area (Å²) in [5.74, 6) is 1.25. The van der Waals surface area contributed by atoms with Gasteiger partial charge in [-0.05, 0) is 29.4 Å². The molecule has 5 heteroatoms. The molecular weight excluding hydrogens is 268 g/mol. The molecule has 21 heavy (non-hydrogen) atoms. The summed E-state index contributed by atoms with van der Waals surface area (Å²) in [6.07, 6.45) is 0. The van der Waals surface area contributed by atoms with E-state index in [4.69, 9.17) is 19.7 Å². The molecule has 0 fully saturated rings. The van der Waals surface area contributed by atoms with E-state index in [0.29, 0.717) is 24.7 Å². The third-order valence-corrected chi connectivity index (χ3v) is 2.99. The molecule has 2 N–H and O–H groups in total. The van der Waals surface area contributed by atoms with Gasteiger partial charge in [0.25, 0.3) is 5.88 Å². The Bertz CT molecular complexity index is 697. The molecule has 108 valence electrons. The minimum absolute atomic E-state index is 0.249. The second-order valence-electron chi connectivity index (χ2n) is 4.68. The van der Waals surface area contributed by atoms with Crippen molar-refractivity contribution in [3.63, 3.8) is 0 Å². The summed E-state index contributed by atoms with van der Waals surface area (Å²) < 4.78 is 16.3. The third-order valence-electron chi connectivity index (χ3n) is 2.99. The first kappa shape index (κ1) is 13.5. The molecule has 0 amide bonds. The highest BCUT2D eigenvalue weighted by molar-refractivity contribution is 5.81. The minimum atomic E-state index is -0.249. The molecule has 1 unspecified atom stereocenters. The second kappa shape index (κ2) is 6.28. The SMILES string of the molecule is NC(COc1ccccc1)COc1noc2ccccc12. The van der Waals surface area contributed by atoms with E-state index in [1.165, 1.54) is 0 Å². The first-order valence-corrected chi connectivity index (χ1v) is 6.73. The minimum Gasteiger partial charge on any atom is -0.492 e. The Morgan fingerprint density at radius 1 is 0.952 bits per heavy atom. The maximum Gasteiger partial charge on any atom is 0.262 e. The number of nitrogens with zero attached hydrogens (tertiary/aromatic N) is 1. The quantitative estimate of drug-likeness (QED) is 0.753. The van der Waals surface area contributed by atoms with Gasteiger partial charge in [0, 0.05) is 0 Å². The number of aromatic nitrogens is 1. The molecule has 5 nitrogen and oxygen atoms in total. The fraction of sp³-hybridized carbons (Fsp3) is 0.188. The van der Waals surface area contributed by atoms with Crippen molar-refractivity contribution in [2.45, 2.75) is 6.04 Å². The van der Waals surface area contributed by atoms with Gasteiger partial charge in [-0.3, -0.25) is 0 Å².